The monoisotopic (exact) mass is 182 g/mol. The highest BCUT2D eigenvalue weighted by Crippen LogP contribution is 2.19. The highest BCUT2D eigenvalue weighted by atomic mass is 35.5. The van der Waals surface area contributed by atoms with E-state index in [1.807, 2.05) is 25.1 Å². The number of hydrogen-bond acceptors (Lipinski definition) is 1. The van der Waals surface area contributed by atoms with Crippen molar-refractivity contribution in [2.24, 2.45) is 0 Å². The summed E-state index contributed by atoms with van der Waals surface area (Å²) in [5, 5.41) is 0.681. The van der Waals surface area contributed by atoms with Gasteiger partial charge in [-0.2, -0.15) is 0 Å². The Morgan fingerprint density at radius 2 is 2.17 bits per heavy atom. The van der Waals surface area contributed by atoms with Crippen molar-refractivity contribution in [3.8, 4) is 0 Å². The van der Waals surface area contributed by atoms with E-state index in [1.54, 1.807) is 13.0 Å². The van der Waals surface area contributed by atoms with Crippen LogP contribution in [0.25, 0.3) is 0 Å². The van der Waals surface area contributed by atoms with Crippen molar-refractivity contribution in [1.82, 2.24) is 0 Å². The molecule has 1 unspecified atom stereocenters. The molecule has 1 rings (SSSR count). The van der Waals surface area contributed by atoms with Crippen LogP contribution in [0.5, 0.6) is 0 Å². The van der Waals surface area contributed by atoms with E-state index in [1.165, 1.54) is 0 Å². The van der Waals surface area contributed by atoms with Gasteiger partial charge < -0.3 is 0 Å². The number of benzene rings is 1. The van der Waals surface area contributed by atoms with Crippen LogP contribution < -0.4 is 0 Å². The maximum atomic E-state index is 11.0. The minimum Gasteiger partial charge on any atom is -0.299 e. The van der Waals surface area contributed by atoms with Crippen LogP contribution in [0, 0.1) is 0 Å². The second kappa shape index (κ2) is 3.72. The Morgan fingerprint density at radius 3 is 2.67 bits per heavy atom. The number of rotatable bonds is 2. The number of Topliss-reactive ketones (excluding diaryl/α,β-unsaturated/α-hetero) is 1. The molecule has 1 aromatic rings. The summed E-state index contributed by atoms with van der Waals surface area (Å²) in [5.74, 6) is 0.112. The summed E-state index contributed by atoms with van der Waals surface area (Å²) in [5.41, 5.74) is 0.981. The quantitative estimate of drug-likeness (QED) is 0.687. The molecular weight excluding hydrogens is 172 g/mol. The summed E-state index contributed by atoms with van der Waals surface area (Å²) in [7, 11) is 0. The standard InChI is InChI=1S/C10H11ClO/c1-7(8(2)12)9-4-3-5-10(11)6-9/h3-7H,1-2H3. The number of carbonyl (C=O) groups is 1. The molecule has 1 atom stereocenters. The van der Waals surface area contributed by atoms with Gasteiger partial charge in [-0.15, -0.1) is 0 Å². The van der Waals surface area contributed by atoms with Gasteiger partial charge in [0, 0.05) is 10.9 Å². The molecule has 2 heteroatoms. The van der Waals surface area contributed by atoms with Gasteiger partial charge in [0.25, 0.3) is 0 Å². The van der Waals surface area contributed by atoms with Crippen LogP contribution in [0.15, 0.2) is 24.3 Å². The largest absolute Gasteiger partial charge is 0.299 e. The third kappa shape index (κ3) is 2.08. The Hall–Kier alpha value is -0.820. The minimum atomic E-state index is -0.0521. The molecule has 0 saturated carbocycles. The van der Waals surface area contributed by atoms with Crippen LogP contribution in [-0.4, -0.2) is 5.78 Å². The fourth-order valence-corrected chi connectivity index (χ4v) is 1.21. The van der Waals surface area contributed by atoms with E-state index in [9.17, 15) is 4.79 Å². The smallest absolute Gasteiger partial charge is 0.136 e. The maximum absolute atomic E-state index is 11.0. The second-order valence-corrected chi connectivity index (χ2v) is 3.32. The molecule has 0 heterocycles. The summed E-state index contributed by atoms with van der Waals surface area (Å²) in [6.07, 6.45) is 0. The summed E-state index contributed by atoms with van der Waals surface area (Å²) in [6, 6.07) is 7.40. The van der Waals surface area contributed by atoms with Crippen molar-refractivity contribution in [1.29, 1.82) is 0 Å². The summed E-state index contributed by atoms with van der Waals surface area (Å²) >= 11 is 5.78. The lowest BCUT2D eigenvalue weighted by atomic mass is 9.98. The van der Waals surface area contributed by atoms with E-state index in [4.69, 9.17) is 11.6 Å². The number of carbonyl (C=O) groups excluding carboxylic acids is 1. The van der Waals surface area contributed by atoms with Gasteiger partial charge in [0.2, 0.25) is 0 Å². The fraction of sp³-hybridized carbons (Fsp3) is 0.300. The van der Waals surface area contributed by atoms with Gasteiger partial charge in [-0.05, 0) is 24.6 Å². The third-order valence-corrected chi connectivity index (χ3v) is 2.19. The van der Waals surface area contributed by atoms with Crippen molar-refractivity contribution in [3.05, 3.63) is 34.9 Å². The highest BCUT2D eigenvalue weighted by molar-refractivity contribution is 6.30. The molecule has 0 spiro atoms. The molecule has 1 aromatic carbocycles. The molecule has 0 aliphatic rings. The second-order valence-electron chi connectivity index (χ2n) is 2.89. The van der Waals surface area contributed by atoms with Gasteiger partial charge in [-0.3, -0.25) is 4.79 Å². The zero-order valence-electron chi connectivity index (χ0n) is 7.17. The van der Waals surface area contributed by atoms with Crippen LogP contribution in [0.1, 0.15) is 25.3 Å². The average molecular weight is 183 g/mol. The molecule has 0 radical (unpaired) electrons. The van der Waals surface area contributed by atoms with Gasteiger partial charge in [-0.1, -0.05) is 30.7 Å². The molecule has 0 saturated heterocycles. The predicted molar refractivity (Wildman–Crippen MR) is 50.5 cm³/mol. The Bertz CT molecular complexity index is 294. The molecule has 0 N–H and O–H groups in total. The van der Waals surface area contributed by atoms with Crippen LogP contribution in [0.2, 0.25) is 5.02 Å². The molecule has 0 amide bonds. The Morgan fingerprint density at radius 1 is 1.50 bits per heavy atom. The van der Waals surface area contributed by atoms with Crippen LogP contribution >= 0.6 is 11.6 Å². The number of hydrogen-bond donors (Lipinski definition) is 0. The van der Waals surface area contributed by atoms with E-state index >= 15 is 0 Å². The molecule has 1 nitrogen and oxygen atoms in total. The normalized spacial score (nSPS) is 12.6. The highest BCUT2D eigenvalue weighted by Gasteiger charge is 2.09. The molecule has 0 aliphatic heterocycles. The first-order chi connectivity index (χ1) is 5.61. The zero-order chi connectivity index (χ0) is 9.14. The Labute approximate surface area is 77.4 Å². The van der Waals surface area contributed by atoms with Gasteiger partial charge >= 0.3 is 0 Å². The van der Waals surface area contributed by atoms with Crippen LogP contribution in [-0.2, 0) is 4.79 Å². The van der Waals surface area contributed by atoms with Crippen molar-refractivity contribution < 1.29 is 4.79 Å². The number of halogens is 1. The lowest BCUT2D eigenvalue weighted by Crippen LogP contribution is -2.03. The molecule has 0 aromatic heterocycles. The van der Waals surface area contributed by atoms with Crippen molar-refractivity contribution in [2.75, 3.05) is 0 Å². The van der Waals surface area contributed by atoms with E-state index in [0.717, 1.165) is 5.56 Å². The van der Waals surface area contributed by atoms with Gasteiger partial charge in [0.1, 0.15) is 5.78 Å². The Balaban J connectivity index is 2.95. The minimum absolute atomic E-state index is 0.0521. The van der Waals surface area contributed by atoms with Gasteiger partial charge in [-0.25, -0.2) is 0 Å². The van der Waals surface area contributed by atoms with Crippen LogP contribution in [0.4, 0.5) is 0 Å². The molecule has 64 valence electrons. The molecular formula is C10H11ClO. The van der Waals surface area contributed by atoms with Crippen molar-refractivity contribution in [3.63, 3.8) is 0 Å². The van der Waals surface area contributed by atoms with Crippen molar-refractivity contribution >= 4 is 17.4 Å². The topological polar surface area (TPSA) is 17.1 Å². The first kappa shape index (κ1) is 9.27. The van der Waals surface area contributed by atoms with Crippen molar-refractivity contribution in [2.45, 2.75) is 19.8 Å². The molecule has 0 fully saturated rings. The average Bonchev–Trinajstić information content (AvgIpc) is 2.03. The SMILES string of the molecule is CC(=O)C(C)c1cccc(Cl)c1. The van der Waals surface area contributed by atoms with E-state index in [2.05, 4.69) is 0 Å². The zero-order valence-corrected chi connectivity index (χ0v) is 7.93. The number of ketones is 1. The summed E-state index contributed by atoms with van der Waals surface area (Å²) < 4.78 is 0. The van der Waals surface area contributed by atoms with E-state index in [-0.39, 0.29) is 11.7 Å². The van der Waals surface area contributed by atoms with Crippen LogP contribution in [0.3, 0.4) is 0 Å². The lowest BCUT2D eigenvalue weighted by Gasteiger charge is -2.07. The lowest BCUT2D eigenvalue weighted by molar-refractivity contribution is -0.118. The van der Waals surface area contributed by atoms with Gasteiger partial charge in [0.15, 0.2) is 0 Å². The molecule has 0 aliphatic carbocycles. The summed E-state index contributed by atoms with van der Waals surface area (Å²) in [6.45, 7) is 3.47. The van der Waals surface area contributed by atoms with E-state index in [0.29, 0.717) is 5.02 Å². The summed E-state index contributed by atoms with van der Waals surface area (Å²) in [4.78, 5) is 11.0. The maximum Gasteiger partial charge on any atom is 0.136 e. The fourth-order valence-electron chi connectivity index (χ4n) is 1.01. The third-order valence-electron chi connectivity index (χ3n) is 1.96. The van der Waals surface area contributed by atoms with Gasteiger partial charge in [0.05, 0.1) is 0 Å². The first-order valence-electron chi connectivity index (χ1n) is 3.87. The molecule has 12 heavy (non-hydrogen) atoms. The predicted octanol–water partition coefficient (Wildman–Crippen LogP) is 3.03. The Kier molecular flexibility index (Phi) is 2.88. The molecule has 0 bridgehead atoms. The van der Waals surface area contributed by atoms with E-state index < -0.39 is 0 Å². The first-order valence-corrected chi connectivity index (χ1v) is 4.25.